The highest BCUT2D eigenvalue weighted by atomic mass is 32.2. The summed E-state index contributed by atoms with van der Waals surface area (Å²) >= 11 is 0. The molecule has 166 valence electrons. The summed E-state index contributed by atoms with van der Waals surface area (Å²) < 4.78 is 23.0. The molecule has 1 aliphatic rings. The minimum absolute atomic E-state index is 0.214. The minimum atomic E-state index is -3.25. The molecule has 0 saturated carbocycles. The lowest BCUT2D eigenvalue weighted by Crippen LogP contribution is -2.55. The van der Waals surface area contributed by atoms with Crippen LogP contribution in [-0.2, 0) is 19.4 Å². The van der Waals surface area contributed by atoms with Crippen molar-refractivity contribution in [3.05, 3.63) is 48.2 Å². The summed E-state index contributed by atoms with van der Waals surface area (Å²) in [6.07, 6.45) is 4.72. The van der Waals surface area contributed by atoms with Crippen LogP contribution in [0.5, 0.6) is 0 Å². The molecule has 1 unspecified atom stereocenters. The van der Waals surface area contributed by atoms with Gasteiger partial charge in [0.2, 0.25) is 11.8 Å². The molecule has 0 aromatic heterocycles. The highest BCUT2D eigenvalue weighted by molar-refractivity contribution is 7.90. The molecule has 1 saturated heterocycles. The Labute approximate surface area is 181 Å². The number of sulfone groups is 1. The molecule has 30 heavy (non-hydrogen) atoms. The predicted molar refractivity (Wildman–Crippen MR) is 121 cm³/mol. The van der Waals surface area contributed by atoms with E-state index in [0.29, 0.717) is 17.7 Å². The van der Waals surface area contributed by atoms with Crippen LogP contribution in [0, 0.1) is 11.8 Å². The van der Waals surface area contributed by atoms with Crippen LogP contribution in [0.25, 0.3) is 6.08 Å². The SMILES string of the molecule is C=C1CN(C(=O)/C=C/c2ccc(S(C)(=O)=O)cc2)C(CC(C)C)C(=O)N1.CC(C)C. The largest absolute Gasteiger partial charge is 0.327 e. The van der Waals surface area contributed by atoms with E-state index in [0.717, 1.165) is 12.2 Å². The number of nitrogens with one attached hydrogen (secondary N) is 1. The number of piperazine rings is 1. The van der Waals surface area contributed by atoms with Crippen LogP contribution in [0.4, 0.5) is 0 Å². The minimum Gasteiger partial charge on any atom is -0.327 e. The molecule has 1 aliphatic heterocycles. The van der Waals surface area contributed by atoms with Gasteiger partial charge in [-0.2, -0.15) is 0 Å². The van der Waals surface area contributed by atoms with Crippen molar-refractivity contribution in [1.29, 1.82) is 0 Å². The van der Waals surface area contributed by atoms with E-state index in [9.17, 15) is 18.0 Å². The van der Waals surface area contributed by atoms with Gasteiger partial charge in [-0.1, -0.05) is 53.3 Å². The van der Waals surface area contributed by atoms with Crippen molar-refractivity contribution in [3.8, 4) is 0 Å². The van der Waals surface area contributed by atoms with Crippen LogP contribution in [-0.4, -0.2) is 44.0 Å². The van der Waals surface area contributed by atoms with Gasteiger partial charge in [-0.25, -0.2) is 8.42 Å². The average molecular weight is 435 g/mol. The molecular weight excluding hydrogens is 400 g/mol. The van der Waals surface area contributed by atoms with Gasteiger partial charge in [0.15, 0.2) is 9.84 Å². The molecule has 1 heterocycles. The summed E-state index contributed by atoms with van der Waals surface area (Å²) in [5, 5.41) is 2.71. The van der Waals surface area contributed by atoms with Crippen molar-refractivity contribution >= 4 is 27.7 Å². The first-order chi connectivity index (χ1) is 13.8. The lowest BCUT2D eigenvalue weighted by atomic mass is 9.99. The predicted octanol–water partition coefficient (Wildman–Crippen LogP) is 3.65. The first kappa shape index (κ1) is 25.6. The second-order valence-electron chi connectivity index (χ2n) is 8.61. The van der Waals surface area contributed by atoms with Crippen molar-refractivity contribution in [3.63, 3.8) is 0 Å². The fourth-order valence-electron chi connectivity index (χ4n) is 2.76. The normalized spacial score (nSPS) is 17.2. The molecule has 6 nitrogen and oxygen atoms in total. The van der Waals surface area contributed by atoms with Crippen molar-refractivity contribution in [2.75, 3.05) is 12.8 Å². The number of hydrogen-bond donors (Lipinski definition) is 1. The standard InChI is InChI=1S/C19H24N2O4S.C4H10/c1-13(2)11-17-19(23)20-14(3)12-21(17)18(22)10-7-15-5-8-16(9-6-15)26(4,24)25;1-4(2)3/h5-10,13,17H,3,11-12H2,1-2,4H3,(H,20,23);4H,1-3H3/b10-7+;. The molecule has 1 aromatic rings. The van der Waals surface area contributed by atoms with Crippen molar-refractivity contribution in [2.24, 2.45) is 11.8 Å². The van der Waals surface area contributed by atoms with Gasteiger partial charge < -0.3 is 10.2 Å². The van der Waals surface area contributed by atoms with Gasteiger partial charge in [0.05, 0.1) is 11.4 Å². The van der Waals surface area contributed by atoms with E-state index in [1.165, 1.54) is 23.1 Å². The van der Waals surface area contributed by atoms with Crippen molar-refractivity contribution in [2.45, 2.75) is 52.0 Å². The van der Waals surface area contributed by atoms with Crippen molar-refractivity contribution in [1.82, 2.24) is 10.2 Å². The third-order valence-electron chi connectivity index (χ3n) is 4.04. The number of amides is 2. The Bertz CT molecular complexity index is 882. The maximum Gasteiger partial charge on any atom is 0.247 e. The monoisotopic (exact) mass is 434 g/mol. The molecule has 2 rings (SSSR count). The summed E-state index contributed by atoms with van der Waals surface area (Å²) in [6.45, 7) is 14.5. The molecule has 1 aromatic carbocycles. The molecule has 2 amide bonds. The fraction of sp³-hybridized carbons (Fsp3) is 0.478. The summed E-state index contributed by atoms with van der Waals surface area (Å²) in [5.74, 6) is 0.605. The van der Waals surface area contributed by atoms with E-state index >= 15 is 0 Å². The van der Waals surface area contributed by atoms with Crippen LogP contribution in [0.1, 0.15) is 46.6 Å². The van der Waals surface area contributed by atoms with Gasteiger partial charge in [0, 0.05) is 18.0 Å². The van der Waals surface area contributed by atoms with E-state index in [2.05, 4.69) is 32.7 Å². The summed E-state index contributed by atoms with van der Waals surface area (Å²) in [6, 6.07) is 5.74. The fourth-order valence-corrected chi connectivity index (χ4v) is 3.39. The van der Waals surface area contributed by atoms with Crippen LogP contribution >= 0.6 is 0 Å². The third-order valence-corrected chi connectivity index (χ3v) is 5.17. The first-order valence-corrected chi connectivity index (χ1v) is 12.0. The Kier molecular flexibility index (Phi) is 9.49. The van der Waals surface area contributed by atoms with Gasteiger partial charge in [-0.05, 0) is 42.0 Å². The second-order valence-corrected chi connectivity index (χ2v) is 10.6. The number of rotatable bonds is 5. The van der Waals surface area contributed by atoms with Gasteiger partial charge in [-0.15, -0.1) is 0 Å². The van der Waals surface area contributed by atoms with E-state index in [4.69, 9.17) is 0 Å². The van der Waals surface area contributed by atoms with Crippen LogP contribution in [0.3, 0.4) is 0 Å². The zero-order valence-corrected chi connectivity index (χ0v) is 19.6. The van der Waals surface area contributed by atoms with Gasteiger partial charge in [0.25, 0.3) is 0 Å². The zero-order valence-electron chi connectivity index (χ0n) is 18.8. The number of nitrogens with zero attached hydrogens (tertiary/aromatic N) is 1. The van der Waals surface area contributed by atoms with Crippen LogP contribution in [0.2, 0.25) is 0 Å². The van der Waals surface area contributed by atoms with Gasteiger partial charge in [0.1, 0.15) is 6.04 Å². The third kappa shape index (κ3) is 8.53. The van der Waals surface area contributed by atoms with Crippen LogP contribution in [0.15, 0.2) is 47.5 Å². The molecular formula is C23H34N2O4S. The van der Waals surface area contributed by atoms with E-state index in [1.807, 2.05) is 13.8 Å². The zero-order chi connectivity index (χ0) is 23.1. The van der Waals surface area contributed by atoms with Crippen LogP contribution < -0.4 is 5.32 Å². The summed E-state index contributed by atoms with van der Waals surface area (Å²) in [7, 11) is -3.25. The molecule has 1 N–H and O–H groups in total. The number of carbonyl (C=O) groups excluding carboxylic acids is 2. The highest BCUT2D eigenvalue weighted by Gasteiger charge is 2.33. The second kappa shape index (κ2) is 11.1. The molecule has 0 spiro atoms. The lowest BCUT2D eigenvalue weighted by molar-refractivity contribution is -0.139. The molecule has 7 heteroatoms. The van der Waals surface area contributed by atoms with E-state index < -0.39 is 15.9 Å². The Morgan fingerprint density at radius 2 is 1.73 bits per heavy atom. The van der Waals surface area contributed by atoms with Gasteiger partial charge >= 0.3 is 0 Å². The lowest BCUT2D eigenvalue weighted by Gasteiger charge is -2.36. The highest BCUT2D eigenvalue weighted by Crippen LogP contribution is 2.18. The van der Waals surface area contributed by atoms with E-state index in [-0.39, 0.29) is 29.2 Å². The quantitative estimate of drug-likeness (QED) is 0.717. The molecule has 1 atom stereocenters. The number of hydrogen-bond acceptors (Lipinski definition) is 4. The maximum atomic E-state index is 12.6. The number of benzene rings is 1. The molecule has 1 fully saturated rings. The Morgan fingerprint density at radius 1 is 1.20 bits per heavy atom. The molecule has 0 bridgehead atoms. The molecule has 0 aliphatic carbocycles. The topological polar surface area (TPSA) is 83.6 Å². The Morgan fingerprint density at radius 3 is 2.20 bits per heavy atom. The Balaban J connectivity index is 0.00000103. The summed E-state index contributed by atoms with van der Waals surface area (Å²) in [5.41, 5.74) is 1.20. The average Bonchev–Trinajstić information content (AvgIpc) is 2.60. The maximum absolute atomic E-state index is 12.6. The van der Waals surface area contributed by atoms with E-state index in [1.54, 1.807) is 18.2 Å². The van der Waals surface area contributed by atoms with Crippen molar-refractivity contribution < 1.29 is 18.0 Å². The van der Waals surface area contributed by atoms with Gasteiger partial charge in [-0.3, -0.25) is 9.59 Å². The molecule has 0 radical (unpaired) electrons. The number of carbonyl (C=O) groups is 2. The smallest absolute Gasteiger partial charge is 0.247 e. The Hall–Kier alpha value is -2.41. The first-order valence-electron chi connectivity index (χ1n) is 10.1. The summed E-state index contributed by atoms with van der Waals surface area (Å²) in [4.78, 5) is 26.6.